The Balaban J connectivity index is 1.77. The van der Waals surface area contributed by atoms with Gasteiger partial charge in [0.1, 0.15) is 17.5 Å². The number of para-hydroxylation sites is 1. The van der Waals surface area contributed by atoms with Gasteiger partial charge in [-0.15, -0.1) is 0 Å². The Morgan fingerprint density at radius 3 is 2.46 bits per heavy atom. The van der Waals surface area contributed by atoms with Crippen molar-refractivity contribution in [3.8, 4) is 0 Å². The van der Waals surface area contributed by atoms with Crippen LogP contribution in [-0.2, 0) is 0 Å². The standard InChI is InChI=1S/C20H17F2N3O/c1-2-25(16-6-4-3-5-7-16)20(26)14-8-11-19(23-13-14)24-18-10-9-15(21)12-17(18)22/h3-13H,2H2,1H3,(H,23,24). The van der Waals surface area contributed by atoms with E-state index in [4.69, 9.17) is 0 Å². The molecule has 4 nitrogen and oxygen atoms in total. The van der Waals surface area contributed by atoms with E-state index < -0.39 is 11.6 Å². The number of anilines is 3. The summed E-state index contributed by atoms with van der Waals surface area (Å²) in [5.41, 5.74) is 1.33. The lowest BCUT2D eigenvalue weighted by molar-refractivity contribution is 0.0988. The number of hydrogen-bond acceptors (Lipinski definition) is 3. The molecule has 1 heterocycles. The van der Waals surface area contributed by atoms with E-state index in [-0.39, 0.29) is 11.6 Å². The molecule has 0 aliphatic carbocycles. The SMILES string of the molecule is CCN(C(=O)c1ccc(Nc2ccc(F)cc2F)nc1)c1ccccc1. The van der Waals surface area contributed by atoms with Gasteiger partial charge in [-0.1, -0.05) is 18.2 Å². The van der Waals surface area contributed by atoms with Gasteiger partial charge in [0.05, 0.1) is 11.3 Å². The first-order chi connectivity index (χ1) is 12.6. The second-order valence-corrected chi connectivity index (χ2v) is 5.57. The van der Waals surface area contributed by atoms with E-state index >= 15 is 0 Å². The summed E-state index contributed by atoms with van der Waals surface area (Å²) >= 11 is 0. The van der Waals surface area contributed by atoms with Crippen LogP contribution in [0, 0.1) is 11.6 Å². The Morgan fingerprint density at radius 1 is 1.08 bits per heavy atom. The van der Waals surface area contributed by atoms with Crippen LogP contribution in [0.15, 0.2) is 66.9 Å². The quantitative estimate of drug-likeness (QED) is 0.719. The average molecular weight is 353 g/mol. The van der Waals surface area contributed by atoms with E-state index in [2.05, 4.69) is 10.3 Å². The van der Waals surface area contributed by atoms with E-state index in [0.29, 0.717) is 17.9 Å². The Hall–Kier alpha value is -3.28. The predicted octanol–water partition coefficient (Wildman–Crippen LogP) is 4.77. The van der Waals surface area contributed by atoms with Gasteiger partial charge in [0.2, 0.25) is 0 Å². The molecular weight excluding hydrogens is 336 g/mol. The van der Waals surface area contributed by atoms with Crippen LogP contribution in [0.1, 0.15) is 17.3 Å². The Bertz CT molecular complexity index is 899. The van der Waals surface area contributed by atoms with Crippen LogP contribution in [0.4, 0.5) is 26.0 Å². The highest BCUT2D eigenvalue weighted by Gasteiger charge is 2.16. The van der Waals surface area contributed by atoms with Crippen LogP contribution in [0.5, 0.6) is 0 Å². The molecule has 26 heavy (non-hydrogen) atoms. The Morgan fingerprint density at radius 2 is 1.85 bits per heavy atom. The molecule has 0 aliphatic rings. The molecule has 0 spiro atoms. The van der Waals surface area contributed by atoms with Gasteiger partial charge < -0.3 is 10.2 Å². The minimum Gasteiger partial charge on any atom is -0.338 e. The Labute approximate surface area is 150 Å². The number of nitrogens with one attached hydrogen (secondary N) is 1. The molecule has 1 aromatic heterocycles. The maximum Gasteiger partial charge on any atom is 0.259 e. The largest absolute Gasteiger partial charge is 0.338 e. The van der Waals surface area contributed by atoms with Gasteiger partial charge >= 0.3 is 0 Å². The van der Waals surface area contributed by atoms with Crippen molar-refractivity contribution in [3.05, 3.63) is 84.1 Å². The number of amides is 1. The number of benzene rings is 2. The van der Waals surface area contributed by atoms with Crippen LogP contribution in [0.25, 0.3) is 0 Å². The van der Waals surface area contributed by atoms with Crippen molar-refractivity contribution in [2.45, 2.75) is 6.92 Å². The van der Waals surface area contributed by atoms with Gasteiger partial charge in [-0.3, -0.25) is 4.79 Å². The van der Waals surface area contributed by atoms with Crippen LogP contribution in [-0.4, -0.2) is 17.4 Å². The Kier molecular flexibility index (Phi) is 5.22. The zero-order valence-electron chi connectivity index (χ0n) is 14.1. The van der Waals surface area contributed by atoms with Crippen LogP contribution < -0.4 is 10.2 Å². The van der Waals surface area contributed by atoms with E-state index in [9.17, 15) is 13.6 Å². The van der Waals surface area contributed by atoms with Crippen LogP contribution >= 0.6 is 0 Å². The molecule has 1 N–H and O–H groups in total. The maximum atomic E-state index is 13.7. The molecule has 0 fully saturated rings. The smallest absolute Gasteiger partial charge is 0.259 e. The number of rotatable bonds is 5. The van der Waals surface area contributed by atoms with E-state index in [1.807, 2.05) is 37.3 Å². The first kappa shape index (κ1) is 17.5. The summed E-state index contributed by atoms with van der Waals surface area (Å²) in [6, 6.07) is 15.8. The summed E-state index contributed by atoms with van der Waals surface area (Å²) < 4.78 is 26.6. The first-order valence-electron chi connectivity index (χ1n) is 8.13. The van der Waals surface area contributed by atoms with Gasteiger partial charge in [0, 0.05) is 24.5 Å². The van der Waals surface area contributed by atoms with Gasteiger partial charge in [-0.25, -0.2) is 13.8 Å². The predicted molar refractivity (Wildman–Crippen MR) is 97.7 cm³/mol. The molecule has 6 heteroatoms. The first-order valence-corrected chi connectivity index (χ1v) is 8.13. The highest BCUT2D eigenvalue weighted by molar-refractivity contribution is 6.05. The highest BCUT2D eigenvalue weighted by Crippen LogP contribution is 2.21. The van der Waals surface area contributed by atoms with E-state index in [0.717, 1.165) is 17.8 Å². The molecule has 1 amide bonds. The number of aromatic nitrogens is 1. The maximum absolute atomic E-state index is 13.7. The summed E-state index contributed by atoms with van der Waals surface area (Å²) in [4.78, 5) is 18.5. The molecule has 3 aromatic rings. The summed E-state index contributed by atoms with van der Waals surface area (Å²) in [6.45, 7) is 2.41. The second kappa shape index (κ2) is 7.74. The minimum absolute atomic E-state index is 0.109. The lowest BCUT2D eigenvalue weighted by Crippen LogP contribution is -2.30. The minimum atomic E-state index is -0.715. The average Bonchev–Trinajstić information content (AvgIpc) is 2.66. The van der Waals surface area contributed by atoms with Crippen molar-refractivity contribution >= 4 is 23.1 Å². The van der Waals surface area contributed by atoms with Crippen molar-refractivity contribution in [2.24, 2.45) is 0 Å². The number of halogens is 2. The zero-order chi connectivity index (χ0) is 18.5. The lowest BCUT2D eigenvalue weighted by Gasteiger charge is -2.21. The number of nitrogens with zero attached hydrogens (tertiary/aromatic N) is 2. The summed E-state index contributed by atoms with van der Waals surface area (Å²) in [5.74, 6) is -1.18. The fourth-order valence-electron chi connectivity index (χ4n) is 2.53. The molecule has 0 bridgehead atoms. The van der Waals surface area contributed by atoms with Crippen molar-refractivity contribution < 1.29 is 13.6 Å². The fraction of sp³-hybridized carbons (Fsp3) is 0.100. The lowest BCUT2D eigenvalue weighted by atomic mass is 10.2. The summed E-state index contributed by atoms with van der Waals surface area (Å²) in [6.07, 6.45) is 1.43. The summed E-state index contributed by atoms with van der Waals surface area (Å²) in [7, 11) is 0. The molecule has 0 unspecified atom stereocenters. The monoisotopic (exact) mass is 353 g/mol. The van der Waals surface area contributed by atoms with Gasteiger partial charge in [0.25, 0.3) is 5.91 Å². The normalized spacial score (nSPS) is 10.4. The summed E-state index contributed by atoms with van der Waals surface area (Å²) in [5, 5.41) is 2.76. The topological polar surface area (TPSA) is 45.2 Å². The zero-order valence-corrected chi connectivity index (χ0v) is 14.1. The third-order valence-corrected chi connectivity index (χ3v) is 3.83. The van der Waals surface area contributed by atoms with Gasteiger partial charge in [0.15, 0.2) is 0 Å². The third kappa shape index (κ3) is 3.85. The molecule has 0 radical (unpaired) electrons. The van der Waals surface area contributed by atoms with Gasteiger partial charge in [-0.05, 0) is 43.3 Å². The molecule has 0 atom stereocenters. The fourth-order valence-corrected chi connectivity index (χ4v) is 2.53. The molecule has 3 rings (SSSR count). The van der Waals surface area contributed by atoms with E-state index in [1.165, 1.54) is 12.3 Å². The highest BCUT2D eigenvalue weighted by atomic mass is 19.1. The molecule has 132 valence electrons. The number of hydrogen-bond donors (Lipinski definition) is 1. The number of carbonyl (C=O) groups excluding carboxylic acids is 1. The van der Waals surface area contributed by atoms with E-state index in [1.54, 1.807) is 17.0 Å². The van der Waals surface area contributed by atoms with Gasteiger partial charge in [-0.2, -0.15) is 0 Å². The molecule has 0 saturated heterocycles. The van der Waals surface area contributed by atoms with Crippen molar-refractivity contribution in [1.82, 2.24) is 4.98 Å². The number of pyridine rings is 1. The molecule has 2 aromatic carbocycles. The van der Waals surface area contributed by atoms with Crippen LogP contribution in [0.2, 0.25) is 0 Å². The van der Waals surface area contributed by atoms with Crippen LogP contribution in [0.3, 0.4) is 0 Å². The van der Waals surface area contributed by atoms with Crippen molar-refractivity contribution in [1.29, 1.82) is 0 Å². The molecule has 0 saturated carbocycles. The molecule has 0 aliphatic heterocycles. The van der Waals surface area contributed by atoms with Crippen molar-refractivity contribution in [3.63, 3.8) is 0 Å². The van der Waals surface area contributed by atoms with Crippen molar-refractivity contribution in [2.75, 3.05) is 16.8 Å². The molecular formula is C20H17F2N3O. The third-order valence-electron chi connectivity index (χ3n) is 3.83. The number of carbonyl (C=O) groups is 1. The second-order valence-electron chi connectivity index (χ2n) is 5.57.